The van der Waals surface area contributed by atoms with E-state index in [1.165, 1.54) is 0 Å². The second kappa shape index (κ2) is 5.07. The van der Waals surface area contributed by atoms with Crippen LogP contribution in [0.5, 0.6) is 0 Å². The highest BCUT2D eigenvalue weighted by atomic mass is 16.9. The van der Waals surface area contributed by atoms with Crippen LogP contribution >= 0.6 is 0 Å². The molecule has 0 amide bonds. The first-order valence-electron chi connectivity index (χ1n) is 5.43. The maximum atomic E-state index is 11.9. The molecule has 94 valence electrons. The zero-order chi connectivity index (χ0) is 12.3. The van der Waals surface area contributed by atoms with Gasteiger partial charge in [0.2, 0.25) is 0 Å². The Kier molecular flexibility index (Phi) is 4.22. The van der Waals surface area contributed by atoms with Crippen molar-refractivity contribution in [1.29, 1.82) is 0 Å². The summed E-state index contributed by atoms with van der Waals surface area (Å²) in [4.78, 5) is 15.2. The molecule has 0 saturated carbocycles. The van der Waals surface area contributed by atoms with Crippen molar-refractivity contribution in [3.63, 3.8) is 0 Å². The first kappa shape index (κ1) is 13.3. The first-order chi connectivity index (χ1) is 7.34. The van der Waals surface area contributed by atoms with Crippen molar-refractivity contribution in [2.45, 2.75) is 19.9 Å². The zero-order valence-corrected chi connectivity index (χ0v) is 9.64. The lowest BCUT2D eigenvalue weighted by Gasteiger charge is -2.43. The molecule has 16 heavy (non-hydrogen) atoms. The minimum absolute atomic E-state index is 0.00457. The van der Waals surface area contributed by atoms with Crippen molar-refractivity contribution in [2.75, 3.05) is 26.2 Å². The van der Waals surface area contributed by atoms with Gasteiger partial charge in [0, 0.05) is 0 Å². The van der Waals surface area contributed by atoms with E-state index in [1.807, 2.05) is 0 Å². The lowest BCUT2D eigenvalue weighted by atomic mass is 10.1. The molecule has 0 aromatic rings. The number of hydroxylamine groups is 6. The highest BCUT2D eigenvalue weighted by Crippen LogP contribution is 2.10. The van der Waals surface area contributed by atoms with Crippen molar-refractivity contribution in [1.82, 2.24) is 0 Å². The van der Waals surface area contributed by atoms with E-state index in [0.717, 1.165) is 0 Å². The fourth-order valence-electron chi connectivity index (χ4n) is 1.42. The van der Waals surface area contributed by atoms with Gasteiger partial charge in [-0.25, -0.2) is 4.79 Å². The Bertz CT molecular complexity index is 251. The molecule has 1 atom stereocenters. The average molecular weight is 233 g/mol. The molecular weight excluding hydrogens is 214 g/mol. The monoisotopic (exact) mass is 233 g/mol. The molecule has 1 saturated heterocycles. The zero-order valence-electron chi connectivity index (χ0n) is 9.64. The molecule has 1 heterocycles. The molecule has 1 fully saturated rings. The number of quaternary nitrogens is 2. The quantitative estimate of drug-likeness (QED) is 0.439. The smallest absolute Gasteiger partial charge is 0.383 e. The number of hydrogen-bond donors (Lipinski definition) is 2. The molecular formula is C9H19N3O4. The predicted molar refractivity (Wildman–Crippen MR) is 56.3 cm³/mol. The van der Waals surface area contributed by atoms with Gasteiger partial charge in [-0.1, -0.05) is 13.8 Å². The average Bonchev–Trinajstić information content (AvgIpc) is 2.21. The van der Waals surface area contributed by atoms with Crippen molar-refractivity contribution >= 4 is 5.97 Å². The summed E-state index contributed by atoms with van der Waals surface area (Å²) in [6.07, 6.45) is 0. The molecule has 7 nitrogen and oxygen atoms in total. The summed E-state index contributed by atoms with van der Waals surface area (Å²) in [5.41, 5.74) is 5.57. The number of rotatable bonds is 3. The van der Waals surface area contributed by atoms with Gasteiger partial charge in [0.25, 0.3) is 0 Å². The van der Waals surface area contributed by atoms with Crippen LogP contribution in [0.4, 0.5) is 0 Å². The number of carbonyl (C=O) groups excluding carboxylic acids is 1. The number of nitrogens with one attached hydrogen (secondary N) is 1. The van der Waals surface area contributed by atoms with Crippen molar-refractivity contribution < 1.29 is 19.5 Å². The molecule has 3 N–H and O–H groups in total. The van der Waals surface area contributed by atoms with Crippen LogP contribution in [-0.4, -0.2) is 43.0 Å². The summed E-state index contributed by atoms with van der Waals surface area (Å²) in [5.74, 6) is -0.773. The van der Waals surface area contributed by atoms with Crippen LogP contribution < -0.4 is 10.8 Å². The Balaban J connectivity index is 2.50. The number of nitrogens with zero attached hydrogens (tertiary/aromatic N) is 1. The summed E-state index contributed by atoms with van der Waals surface area (Å²) in [5, 5.41) is 22.9. The Morgan fingerprint density at radius 1 is 1.44 bits per heavy atom. The molecule has 0 radical (unpaired) electrons. The minimum atomic E-state index is -1.08. The van der Waals surface area contributed by atoms with E-state index in [-0.39, 0.29) is 37.2 Å². The van der Waals surface area contributed by atoms with Gasteiger partial charge in [0.05, 0.1) is 0 Å². The molecule has 1 aliphatic rings. The van der Waals surface area contributed by atoms with Gasteiger partial charge >= 0.3 is 5.97 Å². The van der Waals surface area contributed by atoms with E-state index in [1.54, 1.807) is 13.8 Å². The summed E-state index contributed by atoms with van der Waals surface area (Å²) in [6, 6.07) is -0.790. The molecule has 1 aliphatic heterocycles. The SMILES string of the molecule is CC(C)[C@H](N)C(=O)O[N+]1([O-])CC[NH+]([O-])CC1. The van der Waals surface area contributed by atoms with Crippen molar-refractivity contribution in [3.8, 4) is 0 Å². The molecule has 0 spiro atoms. The highest BCUT2D eigenvalue weighted by Gasteiger charge is 2.33. The van der Waals surface area contributed by atoms with Crippen LogP contribution in [0, 0.1) is 16.3 Å². The van der Waals surface area contributed by atoms with Gasteiger partial charge in [-0.3, -0.25) is 4.84 Å². The predicted octanol–water partition coefficient (Wildman–Crippen LogP) is -1.86. The lowest BCUT2D eigenvalue weighted by molar-refractivity contribution is -1.09. The van der Waals surface area contributed by atoms with E-state index in [4.69, 9.17) is 10.6 Å². The van der Waals surface area contributed by atoms with Crippen LogP contribution in [0.15, 0.2) is 0 Å². The lowest BCUT2D eigenvalue weighted by Crippen LogP contribution is -3.11. The van der Waals surface area contributed by atoms with E-state index in [9.17, 15) is 15.2 Å². The third kappa shape index (κ3) is 3.39. The normalized spacial score (nSPS) is 32.5. The molecule has 0 aromatic carbocycles. The van der Waals surface area contributed by atoms with E-state index >= 15 is 0 Å². The van der Waals surface area contributed by atoms with E-state index in [0.29, 0.717) is 0 Å². The molecule has 0 aromatic heterocycles. The maximum Gasteiger partial charge on any atom is 0.383 e. The van der Waals surface area contributed by atoms with Gasteiger partial charge in [-0.05, 0) is 5.92 Å². The summed E-state index contributed by atoms with van der Waals surface area (Å²) in [7, 11) is 0. The fraction of sp³-hybridized carbons (Fsp3) is 0.889. The molecule has 0 aliphatic carbocycles. The fourth-order valence-corrected chi connectivity index (χ4v) is 1.42. The van der Waals surface area contributed by atoms with Crippen LogP contribution in [0.1, 0.15) is 13.8 Å². The number of hydrogen-bond acceptors (Lipinski definition) is 5. The Labute approximate surface area is 94.4 Å². The van der Waals surface area contributed by atoms with E-state index in [2.05, 4.69) is 0 Å². The summed E-state index contributed by atoms with van der Waals surface area (Å²) in [6.45, 7) is 3.87. The third-order valence-electron chi connectivity index (χ3n) is 2.71. The standard InChI is InChI=1S/C9H19N3O4/c1-7(2)8(10)9(13)16-12(15)5-3-11(14)4-6-12/h7-8,11H,3-6,10H2,1-2H3/t8-/m0/s1. The van der Waals surface area contributed by atoms with Gasteiger partial charge in [-0.15, -0.1) is 0 Å². The Hall–Kier alpha value is -0.730. The van der Waals surface area contributed by atoms with Crippen LogP contribution in [-0.2, 0) is 9.63 Å². The van der Waals surface area contributed by atoms with Gasteiger partial charge < -0.3 is 21.2 Å². The topological polar surface area (TPSA) is 103 Å². The Morgan fingerprint density at radius 3 is 2.38 bits per heavy atom. The second-order valence-electron chi connectivity index (χ2n) is 4.48. The summed E-state index contributed by atoms with van der Waals surface area (Å²) < 4.78 is 0. The first-order valence-corrected chi connectivity index (χ1v) is 5.43. The highest BCUT2D eigenvalue weighted by molar-refractivity contribution is 5.75. The maximum absolute atomic E-state index is 11.9. The van der Waals surface area contributed by atoms with Gasteiger partial charge in [-0.2, -0.15) is 4.81 Å². The van der Waals surface area contributed by atoms with Crippen LogP contribution in [0.25, 0.3) is 0 Å². The molecule has 0 bridgehead atoms. The summed E-state index contributed by atoms with van der Waals surface area (Å²) >= 11 is 0. The van der Waals surface area contributed by atoms with Crippen LogP contribution in [0.2, 0.25) is 0 Å². The number of carbonyl (C=O) groups is 1. The Morgan fingerprint density at radius 2 is 1.94 bits per heavy atom. The minimum Gasteiger partial charge on any atom is -0.634 e. The largest absolute Gasteiger partial charge is 0.634 e. The molecule has 7 heteroatoms. The van der Waals surface area contributed by atoms with E-state index < -0.39 is 16.8 Å². The number of nitrogens with two attached hydrogens (primary N) is 1. The van der Waals surface area contributed by atoms with Crippen LogP contribution in [0.3, 0.4) is 0 Å². The van der Waals surface area contributed by atoms with Gasteiger partial charge in [0.15, 0.2) is 13.1 Å². The second-order valence-corrected chi connectivity index (χ2v) is 4.48. The molecule has 1 rings (SSSR count). The molecule has 0 unspecified atom stereocenters. The van der Waals surface area contributed by atoms with Gasteiger partial charge in [0.1, 0.15) is 19.1 Å². The third-order valence-corrected chi connectivity index (χ3v) is 2.71. The van der Waals surface area contributed by atoms with Crippen molar-refractivity contribution in [2.24, 2.45) is 11.7 Å². The number of piperazine rings is 1. The van der Waals surface area contributed by atoms with Crippen molar-refractivity contribution in [3.05, 3.63) is 10.4 Å².